The maximum Gasteiger partial charge on any atom is 0.127 e. The zero-order valence-electron chi connectivity index (χ0n) is 15.4. The van der Waals surface area contributed by atoms with Crippen LogP contribution in [0.2, 0.25) is 0 Å². The van der Waals surface area contributed by atoms with Crippen molar-refractivity contribution in [2.75, 3.05) is 0 Å². The summed E-state index contributed by atoms with van der Waals surface area (Å²) in [5.74, 6) is 1.79. The second-order valence-electron chi connectivity index (χ2n) is 7.31. The van der Waals surface area contributed by atoms with Gasteiger partial charge in [-0.2, -0.15) is 0 Å². The molecule has 0 aromatic heterocycles. The van der Waals surface area contributed by atoms with Gasteiger partial charge in [0.05, 0.1) is 0 Å². The fourth-order valence-electron chi connectivity index (χ4n) is 3.17. The average Bonchev–Trinajstić information content (AvgIpc) is 2.63. The Hall–Kier alpha value is -1.81. The minimum Gasteiger partial charge on any atom is -0.457 e. The quantitative estimate of drug-likeness (QED) is 0.337. The molecule has 0 atom stereocenters. The molecule has 0 bridgehead atoms. The minimum absolute atomic E-state index is 0.197. The van der Waals surface area contributed by atoms with E-state index in [0.717, 1.165) is 30.8 Å². The summed E-state index contributed by atoms with van der Waals surface area (Å²) in [6.45, 7) is 4.67. The zero-order chi connectivity index (χ0) is 18.4. The van der Waals surface area contributed by atoms with Crippen LogP contribution in [0.1, 0.15) is 37.8 Å². The number of ether oxygens (including phenoxy) is 1. The molecule has 26 heavy (non-hydrogen) atoms. The molecule has 0 aliphatic carbocycles. The summed E-state index contributed by atoms with van der Waals surface area (Å²) in [6.07, 6.45) is 3.39. The Kier molecular flexibility index (Phi) is 6.36. The van der Waals surface area contributed by atoms with Gasteiger partial charge in [-0.15, -0.1) is 0 Å². The lowest BCUT2D eigenvalue weighted by Crippen LogP contribution is -2.17. The van der Waals surface area contributed by atoms with Crippen molar-refractivity contribution in [2.45, 2.75) is 38.5 Å². The molecule has 0 amide bonds. The van der Waals surface area contributed by atoms with Crippen LogP contribution in [-0.2, 0) is 11.8 Å². The lowest BCUT2D eigenvalue weighted by molar-refractivity contribution is 0.460. The molecule has 0 saturated heterocycles. The summed E-state index contributed by atoms with van der Waals surface area (Å²) in [5, 5.41) is 0. The number of aryl methyl sites for hydroxylation is 1. The first-order valence-corrected chi connectivity index (χ1v) is 10.2. The monoisotopic (exact) mass is 456 g/mol. The molecule has 0 fully saturated rings. The zero-order valence-corrected chi connectivity index (χ0v) is 17.6. The van der Waals surface area contributed by atoms with Crippen molar-refractivity contribution >= 4 is 22.6 Å². The Bertz CT molecular complexity index is 822. The predicted molar refractivity (Wildman–Crippen MR) is 118 cm³/mol. The first-order valence-electron chi connectivity index (χ1n) is 9.11. The molecule has 0 aliphatic heterocycles. The van der Waals surface area contributed by atoms with E-state index in [2.05, 4.69) is 78.9 Å². The van der Waals surface area contributed by atoms with Crippen LogP contribution in [0, 0.1) is 3.57 Å². The van der Waals surface area contributed by atoms with Gasteiger partial charge in [-0.25, -0.2) is 0 Å². The molecular weight excluding hydrogens is 431 g/mol. The van der Waals surface area contributed by atoms with Gasteiger partial charge >= 0.3 is 0 Å². The van der Waals surface area contributed by atoms with Crippen molar-refractivity contribution in [1.29, 1.82) is 0 Å². The van der Waals surface area contributed by atoms with Gasteiger partial charge < -0.3 is 4.74 Å². The second kappa shape index (κ2) is 8.72. The van der Waals surface area contributed by atoms with Crippen LogP contribution in [0.3, 0.4) is 0 Å². The van der Waals surface area contributed by atoms with E-state index in [0.29, 0.717) is 0 Å². The summed E-state index contributed by atoms with van der Waals surface area (Å²) in [7, 11) is 0. The minimum atomic E-state index is 0.197. The molecule has 3 rings (SSSR count). The van der Waals surface area contributed by atoms with Crippen molar-refractivity contribution < 1.29 is 4.74 Å². The molecule has 2 heteroatoms. The van der Waals surface area contributed by atoms with E-state index in [-0.39, 0.29) is 5.41 Å². The third-order valence-corrected chi connectivity index (χ3v) is 5.49. The Morgan fingerprint density at radius 2 is 1.50 bits per heavy atom. The van der Waals surface area contributed by atoms with Gasteiger partial charge in [0, 0.05) is 3.57 Å². The molecule has 0 spiro atoms. The van der Waals surface area contributed by atoms with Crippen molar-refractivity contribution in [2.24, 2.45) is 0 Å². The normalized spacial score (nSPS) is 11.3. The molecule has 0 aliphatic rings. The van der Waals surface area contributed by atoms with Crippen LogP contribution in [0.25, 0.3) is 0 Å². The van der Waals surface area contributed by atoms with Crippen LogP contribution in [0.4, 0.5) is 0 Å². The van der Waals surface area contributed by atoms with Crippen LogP contribution >= 0.6 is 22.6 Å². The second-order valence-corrected chi connectivity index (χ2v) is 8.55. The predicted octanol–water partition coefficient (Wildman–Crippen LogP) is 7.38. The SMILES string of the molecule is CC(C)(CCCc1cccc(Oc2ccccc2)c1)c1ccc(I)cc1. The molecule has 0 N–H and O–H groups in total. The maximum absolute atomic E-state index is 5.95. The van der Waals surface area contributed by atoms with E-state index in [1.165, 1.54) is 14.7 Å². The summed E-state index contributed by atoms with van der Waals surface area (Å²) in [5.41, 5.74) is 2.94. The molecule has 3 aromatic rings. The van der Waals surface area contributed by atoms with Crippen molar-refractivity contribution in [3.05, 3.63) is 93.6 Å². The molecule has 0 saturated carbocycles. The van der Waals surface area contributed by atoms with Crippen molar-refractivity contribution in [1.82, 2.24) is 0 Å². The summed E-state index contributed by atoms with van der Waals surface area (Å²) >= 11 is 2.36. The van der Waals surface area contributed by atoms with E-state index in [1.807, 2.05) is 36.4 Å². The van der Waals surface area contributed by atoms with Gasteiger partial charge in [-0.3, -0.25) is 0 Å². The number of hydrogen-bond donors (Lipinski definition) is 0. The van der Waals surface area contributed by atoms with Crippen molar-refractivity contribution in [3.8, 4) is 11.5 Å². The molecule has 0 heterocycles. The highest BCUT2D eigenvalue weighted by molar-refractivity contribution is 14.1. The Balaban J connectivity index is 1.58. The van der Waals surface area contributed by atoms with Gasteiger partial charge in [0.15, 0.2) is 0 Å². The van der Waals surface area contributed by atoms with E-state index >= 15 is 0 Å². The van der Waals surface area contributed by atoms with Gasteiger partial charge in [0.25, 0.3) is 0 Å². The first-order chi connectivity index (χ1) is 12.5. The number of rotatable bonds is 7. The first kappa shape index (κ1) is 19.0. The molecular formula is C24H25IO. The lowest BCUT2D eigenvalue weighted by atomic mass is 9.80. The van der Waals surface area contributed by atoms with E-state index in [4.69, 9.17) is 4.74 Å². The lowest BCUT2D eigenvalue weighted by Gasteiger charge is -2.25. The standard InChI is InChI=1S/C24H25IO/c1-24(2,20-13-15-21(25)16-14-20)17-7-9-19-8-6-12-23(18-19)26-22-10-4-3-5-11-22/h3-6,8,10-16,18H,7,9,17H2,1-2H3. The van der Waals surface area contributed by atoms with E-state index in [1.54, 1.807) is 0 Å². The fourth-order valence-corrected chi connectivity index (χ4v) is 3.53. The highest BCUT2D eigenvalue weighted by Gasteiger charge is 2.19. The Labute approximate surface area is 170 Å². The van der Waals surface area contributed by atoms with E-state index in [9.17, 15) is 0 Å². The molecule has 1 nitrogen and oxygen atoms in total. The largest absolute Gasteiger partial charge is 0.457 e. The summed E-state index contributed by atoms with van der Waals surface area (Å²) < 4.78 is 7.24. The smallest absolute Gasteiger partial charge is 0.127 e. The number of hydrogen-bond acceptors (Lipinski definition) is 1. The Morgan fingerprint density at radius 1 is 0.808 bits per heavy atom. The highest BCUT2D eigenvalue weighted by Crippen LogP contribution is 2.30. The van der Waals surface area contributed by atoms with Crippen molar-refractivity contribution in [3.63, 3.8) is 0 Å². The molecule has 0 unspecified atom stereocenters. The van der Waals surface area contributed by atoms with Gasteiger partial charge in [0.1, 0.15) is 11.5 Å². The molecule has 0 radical (unpaired) electrons. The van der Waals surface area contributed by atoms with Crippen LogP contribution in [-0.4, -0.2) is 0 Å². The summed E-state index contributed by atoms with van der Waals surface area (Å²) in [6, 6.07) is 27.3. The van der Waals surface area contributed by atoms with Crippen LogP contribution < -0.4 is 4.74 Å². The Morgan fingerprint density at radius 3 is 2.23 bits per heavy atom. The molecule has 134 valence electrons. The fraction of sp³-hybridized carbons (Fsp3) is 0.250. The number of benzene rings is 3. The summed E-state index contributed by atoms with van der Waals surface area (Å²) in [4.78, 5) is 0. The van der Waals surface area contributed by atoms with Gasteiger partial charge in [-0.05, 0) is 94.8 Å². The van der Waals surface area contributed by atoms with Crippen LogP contribution in [0.5, 0.6) is 11.5 Å². The highest BCUT2D eigenvalue weighted by atomic mass is 127. The molecule has 3 aromatic carbocycles. The third kappa shape index (κ3) is 5.34. The number of halogens is 1. The van der Waals surface area contributed by atoms with E-state index < -0.39 is 0 Å². The average molecular weight is 456 g/mol. The van der Waals surface area contributed by atoms with Gasteiger partial charge in [0.2, 0.25) is 0 Å². The maximum atomic E-state index is 5.95. The number of para-hydroxylation sites is 1. The topological polar surface area (TPSA) is 9.23 Å². The van der Waals surface area contributed by atoms with Crippen LogP contribution in [0.15, 0.2) is 78.9 Å². The third-order valence-electron chi connectivity index (χ3n) is 4.77. The van der Waals surface area contributed by atoms with Gasteiger partial charge in [-0.1, -0.05) is 56.3 Å².